The van der Waals surface area contributed by atoms with Gasteiger partial charge in [-0.05, 0) is 40.9 Å². The van der Waals surface area contributed by atoms with Crippen molar-refractivity contribution in [3.05, 3.63) is 28.5 Å². The van der Waals surface area contributed by atoms with E-state index in [0.717, 1.165) is 12.8 Å². The van der Waals surface area contributed by atoms with Crippen molar-refractivity contribution in [2.75, 3.05) is 6.54 Å². The van der Waals surface area contributed by atoms with Crippen LogP contribution >= 0.6 is 15.9 Å². The molecule has 1 aromatic heterocycles. The van der Waals surface area contributed by atoms with Crippen LogP contribution in [0.15, 0.2) is 22.9 Å². The second kappa shape index (κ2) is 5.69. The number of rotatable bonds is 4. The van der Waals surface area contributed by atoms with E-state index in [9.17, 15) is 14.7 Å². The van der Waals surface area contributed by atoms with Gasteiger partial charge in [-0.2, -0.15) is 0 Å². The van der Waals surface area contributed by atoms with Crippen molar-refractivity contribution < 1.29 is 14.7 Å². The molecule has 1 aliphatic rings. The summed E-state index contributed by atoms with van der Waals surface area (Å²) in [4.78, 5) is 27.3. The summed E-state index contributed by atoms with van der Waals surface area (Å²) < 4.78 is 0.578. The highest BCUT2D eigenvalue weighted by Gasteiger charge is 2.41. The zero-order valence-corrected chi connectivity index (χ0v) is 11.9. The number of amides is 1. The Morgan fingerprint density at radius 1 is 1.42 bits per heavy atom. The molecule has 0 aromatic carbocycles. The predicted octanol–water partition coefficient (Wildman–Crippen LogP) is 2.22. The van der Waals surface area contributed by atoms with Crippen LogP contribution in [0, 0.1) is 5.41 Å². The average molecular weight is 327 g/mol. The second-order valence-corrected chi connectivity index (χ2v) is 5.65. The number of carboxylic acid groups (broad SMARTS) is 1. The third-order valence-corrected chi connectivity index (χ3v) is 4.02. The molecule has 2 rings (SSSR count). The zero-order valence-electron chi connectivity index (χ0n) is 10.4. The average Bonchev–Trinajstić information content (AvgIpc) is 2.86. The summed E-state index contributed by atoms with van der Waals surface area (Å²) in [7, 11) is 0. The van der Waals surface area contributed by atoms with Gasteiger partial charge in [0.05, 0.1) is 5.41 Å². The molecule has 0 aliphatic heterocycles. The van der Waals surface area contributed by atoms with Crippen LogP contribution in [-0.2, 0) is 4.79 Å². The highest BCUT2D eigenvalue weighted by molar-refractivity contribution is 9.10. The number of halogens is 1. The lowest BCUT2D eigenvalue weighted by atomic mass is 9.86. The summed E-state index contributed by atoms with van der Waals surface area (Å²) in [6.07, 6.45) is 4.60. The summed E-state index contributed by atoms with van der Waals surface area (Å²) >= 11 is 3.20. The van der Waals surface area contributed by atoms with Gasteiger partial charge in [0.2, 0.25) is 0 Å². The summed E-state index contributed by atoms with van der Waals surface area (Å²) in [6, 6.07) is 3.21. The SMILES string of the molecule is O=C(NCC1(C(=O)O)CCCC1)c1ccnc(Br)c1. The van der Waals surface area contributed by atoms with Crippen LogP contribution in [0.1, 0.15) is 36.0 Å². The Morgan fingerprint density at radius 2 is 2.11 bits per heavy atom. The molecule has 0 spiro atoms. The number of hydrogen-bond acceptors (Lipinski definition) is 3. The largest absolute Gasteiger partial charge is 0.481 e. The fraction of sp³-hybridized carbons (Fsp3) is 0.462. The first kappa shape index (κ1) is 14.0. The molecule has 6 heteroatoms. The van der Waals surface area contributed by atoms with Crippen LogP contribution in [0.4, 0.5) is 0 Å². The van der Waals surface area contributed by atoms with Crippen molar-refractivity contribution in [1.29, 1.82) is 0 Å². The second-order valence-electron chi connectivity index (χ2n) is 4.84. The van der Waals surface area contributed by atoms with Crippen molar-refractivity contribution in [2.24, 2.45) is 5.41 Å². The van der Waals surface area contributed by atoms with E-state index >= 15 is 0 Å². The molecule has 102 valence electrons. The number of aliphatic carboxylic acids is 1. The summed E-state index contributed by atoms with van der Waals surface area (Å²) in [5, 5.41) is 12.0. The van der Waals surface area contributed by atoms with Crippen LogP contribution in [0.25, 0.3) is 0 Å². The van der Waals surface area contributed by atoms with E-state index in [1.54, 1.807) is 12.1 Å². The molecular weight excluding hydrogens is 312 g/mol. The maximum absolute atomic E-state index is 12.0. The molecule has 0 radical (unpaired) electrons. The van der Waals surface area contributed by atoms with Gasteiger partial charge in [0.15, 0.2) is 0 Å². The molecule has 0 saturated heterocycles. The lowest BCUT2D eigenvalue weighted by Crippen LogP contribution is -2.41. The number of carboxylic acids is 1. The van der Waals surface area contributed by atoms with E-state index in [-0.39, 0.29) is 12.5 Å². The number of hydrogen-bond donors (Lipinski definition) is 2. The molecule has 2 N–H and O–H groups in total. The van der Waals surface area contributed by atoms with Crippen LogP contribution in [0.5, 0.6) is 0 Å². The molecule has 1 saturated carbocycles. The smallest absolute Gasteiger partial charge is 0.311 e. The molecule has 1 fully saturated rings. The molecule has 1 amide bonds. The van der Waals surface area contributed by atoms with E-state index in [2.05, 4.69) is 26.2 Å². The standard InChI is InChI=1S/C13H15BrN2O3/c14-10-7-9(3-6-15-10)11(17)16-8-13(12(18)19)4-1-2-5-13/h3,6-7H,1-2,4-5,8H2,(H,16,17)(H,18,19). The minimum Gasteiger partial charge on any atom is -0.481 e. The third-order valence-electron chi connectivity index (χ3n) is 3.59. The number of carbonyl (C=O) groups excluding carboxylic acids is 1. The number of nitrogens with one attached hydrogen (secondary N) is 1. The molecule has 0 unspecified atom stereocenters. The van der Waals surface area contributed by atoms with Gasteiger partial charge in [-0.25, -0.2) is 4.98 Å². The molecule has 1 aromatic rings. The minimum absolute atomic E-state index is 0.182. The maximum Gasteiger partial charge on any atom is 0.311 e. The highest BCUT2D eigenvalue weighted by atomic mass is 79.9. The molecule has 1 aliphatic carbocycles. The van der Waals surface area contributed by atoms with Crippen molar-refractivity contribution in [1.82, 2.24) is 10.3 Å². The molecular formula is C13H15BrN2O3. The van der Waals surface area contributed by atoms with Crippen molar-refractivity contribution in [3.8, 4) is 0 Å². The normalized spacial score (nSPS) is 17.1. The minimum atomic E-state index is -0.818. The Kier molecular flexibility index (Phi) is 4.19. The van der Waals surface area contributed by atoms with Crippen molar-refractivity contribution >= 4 is 27.8 Å². The summed E-state index contributed by atoms with van der Waals surface area (Å²) in [6.45, 7) is 0.182. The number of aromatic nitrogens is 1. The first-order valence-corrected chi connectivity index (χ1v) is 6.96. The number of carbonyl (C=O) groups is 2. The van der Waals surface area contributed by atoms with Crippen LogP contribution in [0.2, 0.25) is 0 Å². The third kappa shape index (κ3) is 3.12. The zero-order chi connectivity index (χ0) is 13.9. The molecule has 19 heavy (non-hydrogen) atoms. The fourth-order valence-electron chi connectivity index (χ4n) is 2.41. The van der Waals surface area contributed by atoms with Gasteiger partial charge < -0.3 is 10.4 Å². The fourth-order valence-corrected chi connectivity index (χ4v) is 2.78. The van der Waals surface area contributed by atoms with Crippen LogP contribution < -0.4 is 5.32 Å². The first-order chi connectivity index (χ1) is 9.03. The van der Waals surface area contributed by atoms with E-state index in [1.165, 1.54) is 6.20 Å². The quantitative estimate of drug-likeness (QED) is 0.831. The summed E-state index contributed by atoms with van der Waals surface area (Å²) in [5.41, 5.74) is -0.319. The molecule has 0 atom stereocenters. The van der Waals surface area contributed by atoms with Gasteiger partial charge in [0.1, 0.15) is 4.60 Å². The van der Waals surface area contributed by atoms with Gasteiger partial charge in [-0.1, -0.05) is 12.8 Å². The van der Waals surface area contributed by atoms with Gasteiger partial charge in [-0.15, -0.1) is 0 Å². The van der Waals surface area contributed by atoms with E-state index in [0.29, 0.717) is 23.0 Å². The Labute approximate surface area is 119 Å². The lowest BCUT2D eigenvalue weighted by molar-refractivity contribution is -0.148. The van der Waals surface area contributed by atoms with Crippen molar-refractivity contribution in [3.63, 3.8) is 0 Å². The van der Waals surface area contributed by atoms with Gasteiger partial charge in [0.25, 0.3) is 5.91 Å². The van der Waals surface area contributed by atoms with E-state index in [4.69, 9.17) is 0 Å². The highest BCUT2D eigenvalue weighted by Crippen LogP contribution is 2.37. The Hall–Kier alpha value is -1.43. The Bertz CT molecular complexity index is 498. The lowest BCUT2D eigenvalue weighted by Gasteiger charge is -2.23. The monoisotopic (exact) mass is 326 g/mol. The number of pyridine rings is 1. The van der Waals surface area contributed by atoms with E-state index in [1.807, 2.05) is 0 Å². The predicted molar refractivity (Wildman–Crippen MR) is 72.8 cm³/mol. The Balaban J connectivity index is 2.02. The van der Waals surface area contributed by atoms with Crippen LogP contribution in [0.3, 0.4) is 0 Å². The number of nitrogens with zero attached hydrogens (tertiary/aromatic N) is 1. The van der Waals surface area contributed by atoms with E-state index < -0.39 is 11.4 Å². The molecule has 0 bridgehead atoms. The topological polar surface area (TPSA) is 79.3 Å². The molecule has 1 heterocycles. The van der Waals surface area contributed by atoms with Crippen LogP contribution in [-0.4, -0.2) is 28.5 Å². The van der Waals surface area contributed by atoms with Gasteiger partial charge in [0, 0.05) is 18.3 Å². The first-order valence-electron chi connectivity index (χ1n) is 6.17. The Morgan fingerprint density at radius 3 is 2.68 bits per heavy atom. The maximum atomic E-state index is 12.0. The summed E-state index contributed by atoms with van der Waals surface area (Å²) in [5.74, 6) is -1.09. The van der Waals surface area contributed by atoms with Crippen molar-refractivity contribution in [2.45, 2.75) is 25.7 Å². The molecule has 5 nitrogen and oxygen atoms in total. The van der Waals surface area contributed by atoms with Gasteiger partial charge >= 0.3 is 5.97 Å². The van der Waals surface area contributed by atoms with Gasteiger partial charge in [-0.3, -0.25) is 9.59 Å².